The number of aliphatic hydroxyl groups is 1. The third-order valence-electron chi connectivity index (χ3n) is 4.04. The van der Waals surface area contributed by atoms with Crippen LogP contribution in [0.3, 0.4) is 0 Å². The van der Waals surface area contributed by atoms with E-state index in [1.165, 1.54) is 6.07 Å². The lowest BCUT2D eigenvalue weighted by Crippen LogP contribution is -2.44. The Morgan fingerprint density at radius 1 is 1.33 bits per heavy atom. The van der Waals surface area contributed by atoms with Gasteiger partial charge < -0.3 is 19.9 Å². The lowest BCUT2D eigenvalue weighted by atomic mass is 9.91. The Morgan fingerprint density at radius 2 is 2.00 bits per heavy atom. The minimum absolute atomic E-state index is 0.0640. The molecule has 1 amide bonds. The Labute approximate surface area is 156 Å². The zero-order valence-electron chi connectivity index (χ0n) is 15.8. The lowest BCUT2D eigenvalue weighted by molar-refractivity contribution is -0.141. The van der Waals surface area contributed by atoms with Crippen LogP contribution in [0.4, 0.5) is 18.0 Å². The van der Waals surface area contributed by atoms with E-state index < -0.39 is 41.8 Å². The summed E-state index contributed by atoms with van der Waals surface area (Å²) in [5, 5.41) is 11.8. The maximum absolute atomic E-state index is 13.0. The van der Waals surface area contributed by atoms with Gasteiger partial charge in [0.25, 0.3) is 0 Å². The summed E-state index contributed by atoms with van der Waals surface area (Å²) < 4.78 is 50.1. The highest BCUT2D eigenvalue weighted by atomic mass is 19.4. The van der Waals surface area contributed by atoms with Gasteiger partial charge in [0, 0.05) is 12.2 Å². The molecule has 0 fully saturated rings. The molecule has 0 bridgehead atoms. The normalized spacial score (nSPS) is 22.9. The van der Waals surface area contributed by atoms with Gasteiger partial charge in [-0.1, -0.05) is 6.07 Å². The molecule has 6 nitrogen and oxygen atoms in total. The standard InChI is InChI=1S/C18H25F3N2O4/c1-10-14-11(7-8-13(22-14)18(19,20)21)15(12(26-10)6-5-9-24)23-16(25)27-17(2,3)4/h7-8,10,12,15,24H,5-6,9H2,1-4H3,(H,23,25)/t10-,12-,15-/m0/s1. The highest BCUT2D eigenvalue weighted by molar-refractivity contribution is 5.68. The van der Waals surface area contributed by atoms with E-state index in [2.05, 4.69) is 10.3 Å². The molecule has 1 aromatic rings. The SMILES string of the molecule is C[C@@H]1O[C@@H](CCCO)[C@@H](NC(=O)OC(C)(C)C)c2ccc(C(F)(F)F)nc21. The molecule has 1 aliphatic rings. The van der Waals surface area contributed by atoms with E-state index in [-0.39, 0.29) is 12.3 Å². The zero-order chi connectivity index (χ0) is 20.4. The maximum Gasteiger partial charge on any atom is 0.433 e. The number of nitrogens with zero attached hydrogens (tertiary/aromatic N) is 1. The third kappa shape index (κ3) is 5.55. The van der Waals surface area contributed by atoms with Crippen molar-refractivity contribution in [2.75, 3.05) is 6.61 Å². The lowest BCUT2D eigenvalue weighted by Gasteiger charge is -2.37. The van der Waals surface area contributed by atoms with Gasteiger partial charge in [-0.15, -0.1) is 0 Å². The van der Waals surface area contributed by atoms with E-state index in [9.17, 15) is 18.0 Å². The molecule has 0 aliphatic carbocycles. The number of rotatable bonds is 4. The maximum atomic E-state index is 13.0. The second kappa shape index (κ2) is 8.02. The number of fused-ring (bicyclic) bond motifs is 1. The number of hydrogen-bond acceptors (Lipinski definition) is 5. The highest BCUT2D eigenvalue weighted by Gasteiger charge is 2.39. The van der Waals surface area contributed by atoms with Gasteiger partial charge in [-0.25, -0.2) is 9.78 Å². The van der Waals surface area contributed by atoms with Crippen LogP contribution in [0.5, 0.6) is 0 Å². The largest absolute Gasteiger partial charge is 0.444 e. The summed E-state index contributed by atoms with van der Waals surface area (Å²) in [5.74, 6) is 0. The van der Waals surface area contributed by atoms with Gasteiger partial charge in [-0.05, 0) is 46.6 Å². The van der Waals surface area contributed by atoms with Crippen molar-refractivity contribution in [2.24, 2.45) is 0 Å². The number of ether oxygens (including phenoxy) is 2. The molecule has 1 aromatic heterocycles. The number of alkyl carbamates (subject to hydrolysis) is 1. The number of hydrogen-bond donors (Lipinski definition) is 2. The van der Waals surface area contributed by atoms with Gasteiger partial charge in [0.15, 0.2) is 0 Å². The molecule has 0 aromatic carbocycles. The van der Waals surface area contributed by atoms with Crippen molar-refractivity contribution < 1.29 is 32.5 Å². The van der Waals surface area contributed by atoms with Crippen molar-refractivity contribution in [1.29, 1.82) is 0 Å². The number of carbonyl (C=O) groups excluding carboxylic acids is 1. The molecule has 2 heterocycles. The Bertz CT molecular complexity index is 674. The minimum atomic E-state index is -4.57. The summed E-state index contributed by atoms with van der Waals surface area (Å²) >= 11 is 0. The minimum Gasteiger partial charge on any atom is -0.444 e. The molecule has 27 heavy (non-hydrogen) atoms. The van der Waals surface area contributed by atoms with Gasteiger partial charge in [-0.2, -0.15) is 13.2 Å². The van der Waals surface area contributed by atoms with Gasteiger partial charge in [-0.3, -0.25) is 0 Å². The Morgan fingerprint density at radius 3 is 2.56 bits per heavy atom. The van der Waals surface area contributed by atoms with Crippen molar-refractivity contribution >= 4 is 6.09 Å². The van der Waals surface area contributed by atoms with E-state index in [4.69, 9.17) is 14.6 Å². The first-order valence-corrected chi connectivity index (χ1v) is 8.76. The predicted octanol–water partition coefficient (Wildman–Crippen LogP) is 3.90. The summed E-state index contributed by atoms with van der Waals surface area (Å²) in [4.78, 5) is 15.9. The van der Waals surface area contributed by atoms with Crippen LogP contribution in [0.2, 0.25) is 0 Å². The van der Waals surface area contributed by atoms with Crippen molar-refractivity contribution in [1.82, 2.24) is 10.3 Å². The molecule has 1 aliphatic heterocycles. The second-order valence-corrected chi connectivity index (χ2v) is 7.48. The van der Waals surface area contributed by atoms with Crippen LogP contribution >= 0.6 is 0 Å². The molecule has 2 N–H and O–H groups in total. The van der Waals surface area contributed by atoms with Gasteiger partial charge in [0.1, 0.15) is 11.3 Å². The van der Waals surface area contributed by atoms with Crippen LogP contribution < -0.4 is 5.32 Å². The van der Waals surface area contributed by atoms with Gasteiger partial charge in [0.2, 0.25) is 0 Å². The van der Waals surface area contributed by atoms with E-state index in [1.807, 2.05) is 0 Å². The van der Waals surface area contributed by atoms with E-state index in [1.54, 1.807) is 27.7 Å². The van der Waals surface area contributed by atoms with Crippen LogP contribution in [-0.2, 0) is 15.7 Å². The number of pyridine rings is 1. The average molecular weight is 390 g/mol. The molecule has 0 saturated carbocycles. The highest BCUT2D eigenvalue weighted by Crippen LogP contribution is 2.39. The predicted molar refractivity (Wildman–Crippen MR) is 91.0 cm³/mol. The average Bonchev–Trinajstić information content (AvgIpc) is 2.53. The van der Waals surface area contributed by atoms with Crippen LogP contribution in [0, 0.1) is 0 Å². The molecular weight excluding hydrogens is 365 g/mol. The summed E-state index contributed by atoms with van der Waals surface area (Å²) in [7, 11) is 0. The fourth-order valence-electron chi connectivity index (χ4n) is 2.97. The first-order valence-electron chi connectivity index (χ1n) is 8.76. The van der Waals surface area contributed by atoms with Gasteiger partial charge >= 0.3 is 12.3 Å². The molecule has 152 valence electrons. The number of nitrogens with one attached hydrogen (secondary N) is 1. The van der Waals surface area contributed by atoms with E-state index in [0.717, 1.165) is 6.07 Å². The number of aliphatic hydroxyl groups excluding tert-OH is 1. The number of halogens is 3. The number of aromatic nitrogens is 1. The van der Waals surface area contributed by atoms with Crippen LogP contribution in [-0.4, -0.2) is 34.5 Å². The summed E-state index contributed by atoms with van der Waals surface area (Å²) in [6, 6.07) is 1.48. The molecule has 0 saturated heterocycles. The van der Waals surface area contributed by atoms with E-state index in [0.29, 0.717) is 18.4 Å². The first-order chi connectivity index (χ1) is 12.4. The van der Waals surface area contributed by atoms with Crippen LogP contribution in [0.1, 0.15) is 69.6 Å². The Hall–Kier alpha value is -1.87. The van der Waals surface area contributed by atoms with Crippen LogP contribution in [0.25, 0.3) is 0 Å². The van der Waals surface area contributed by atoms with Crippen molar-refractivity contribution in [3.63, 3.8) is 0 Å². The third-order valence-corrected chi connectivity index (χ3v) is 4.04. The smallest absolute Gasteiger partial charge is 0.433 e. The monoisotopic (exact) mass is 390 g/mol. The number of amides is 1. The number of alkyl halides is 3. The van der Waals surface area contributed by atoms with Gasteiger partial charge in [0.05, 0.1) is 23.9 Å². The van der Waals surface area contributed by atoms with Crippen molar-refractivity contribution in [2.45, 2.75) is 70.6 Å². The molecule has 0 radical (unpaired) electrons. The molecule has 9 heteroatoms. The zero-order valence-corrected chi connectivity index (χ0v) is 15.8. The Kier molecular flexibility index (Phi) is 6.36. The van der Waals surface area contributed by atoms with Crippen LogP contribution in [0.15, 0.2) is 12.1 Å². The Balaban J connectivity index is 2.37. The topological polar surface area (TPSA) is 80.7 Å². The van der Waals surface area contributed by atoms with Crippen molar-refractivity contribution in [3.8, 4) is 0 Å². The molecule has 2 rings (SSSR count). The van der Waals surface area contributed by atoms with Crippen molar-refractivity contribution in [3.05, 3.63) is 29.1 Å². The first kappa shape index (κ1) is 21.4. The summed E-state index contributed by atoms with van der Waals surface area (Å²) in [6.07, 6.45) is -5.63. The fraction of sp³-hybridized carbons (Fsp3) is 0.667. The van der Waals surface area contributed by atoms with E-state index >= 15 is 0 Å². The molecular formula is C18H25F3N2O4. The molecule has 0 spiro atoms. The second-order valence-electron chi connectivity index (χ2n) is 7.48. The molecule has 0 unspecified atom stereocenters. The fourth-order valence-corrected chi connectivity index (χ4v) is 2.97. The summed E-state index contributed by atoms with van der Waals surface area (Å²) in [5.41, 5.74) is -1.16. The summed E-state index contributed by atoms with van der Waals surface area (Å²) in [6.45, 7) is 6.67. The quantitative estimate of drug-likeness (QED) is 0.815. The number of carbonyl (C=O) groups is 1. The molecule has 3 atom stereocenters.